The smallest absolute Gasteiger partial charge is 0.179 e. The summed E-state index contributed by atoms with van der Waals surface area (Å²) in [6.45, 7) is 5.58. The third kappa shape index (κ3) is 1.32. The highest BCUT2D eigenvalue weighted by molar-refractivity contribution is 8.03. The summed E-state index contributed by atoms with van der Waals surface area (Å²) in [4.78, 5) is -0.0220. The van der Waals surface area contributed by atoms with Crippen molar-refractivity contribution in [3.8, 4) is 0 Å². The molecule has 0 saturated heterocycles. The molecule has 0 amide bonds. The van der Waals surface area contributed by atoms with Gasteiger partial charge in [0.05, 0.1) is 20.3 Å². The van der Waals surface area contributed by atoms with Crippen molar-refractivity contribution in [3.63, 3.8) is 0 Å². The van der Waals surface area contributed by atoms with E-state index in [-0.39, 0.29) is 9.81 Å². The molecule has 82 valence electrons. The Kier molecular flexibility index (Phi) is 2.56. The van der Waals surface area contributed by atoms with Crippen LogP contribution in [0.5, 0.6) is 0 Å². The van der Waals surface area contributed by atoms with Gasteiger partial charge in [0.15, 0.2) is 19.7 Å². The van der Waals surface area contributed by atoms with Crippen LogP contribution in [0.15, 0.2) is 9.81 Å². The number of rotatable bonds is 0. The molecule has 0 aliphatic carbocycles. The van der Waals surface area contributed by atoms with Gasteiger partial charge in [-0.05, 0) is 27.7 Å². The van der Waals surface area contributed by atoms with Crippen LogP contribution in [0.25, 0.3) is 0 Å². The second-order valence-corrected chi connectivity index (χ2v) is 8.50. The molecular formula is C8H14O4S2. The second-order valence-electron chi connectivity index (χ2n) is 3.61. The van der Waals surface area contributed by atoms with Crippen LogP contribution in [0, 0.1) is 0 Å². The van der Waals surface area contributed by atoms with Gasteiger partial charge in [-0.2, -0.15) is 0 Å². The van der Waals surface area contributed by atoms with Gasteiger partial charge in [-0.1, -0.05) is 0 Å². The molecule has 1 rings (SSSR count). The van der Waals surface area contributed by atoms with Gasteiger partial charge in [0.25, 0.3) is 0 Å². The minimum Gasteiger partial charge on any atom is -0.224 e. The molecule has 4 nitrogen and oxygen atoms in total. The van der Waals surface area contributed by atoms with Crippen molar-refractivity contribution >= 4 is 19.7 Å². The first-order valence-electron chi connectivity index (χ1n) is 4.28. The molecule has 0 aromatic rings. The highest BCUT2D eigenvalue weighted by Crippen LogP contribution is 2.33. The van der Waals surface area contributed by atoms with Crippen LogP contribution in [-0.2, 0) is 19.7 Å². The Morgan fingerprint density at radius 2 is 1.00 bits per heavy atom. The molecule has 0 bridgehead atoms. The van der Waals surface area contributed by atoms with Gasteiger partial charge < -0.3 is 0 Å². The Balaban J connectivity index is 3.66. The van der Waals surface area contributed by atoms with Crippen molar-refractivity contribution in [2.75, 3.05) is 0 Å². The number of allylic oxidation sites excluding steroid dienone is 2. The fraction of sp³-hybridized carbons (Fsp3) is 0.750. The van der Waals surface area contributed by atoms with E-state index < -0.39 is 30.2 Å². The van der Waals surface area contributed by atoms with E-state index in [2.05, 4.69) is 0 Å². The summed E-state index contributed by atoms with van der Waals surface area (Å²) in [5.74, 6) is 0. The Morgan fingerprint density at radius 1 is 0.786 bits per heavy atom. The van der Waals surface area contributed by atoms with Crippen LogP contribution in [0.2, 0.25) is 0 Å². The molecule has 0 saturated carbocycles. The molecule has 1 heterocycles. The maximum atomic E-state index is 11.7. The third-order valence-electron chi connectivity index (χ3n) is 2.99. The minimum atomic E-state index is -3.41. The standard InChI is InChI=1S/C8H14O4S2/c1-5-6(2)14(11,12)8(4)7(3)13(5,9)10/h5-6H,1-4H3. The van der Waals surface area contributed by atoms with Crippen molar-refractivity contribution < 1.29 is 16.8 Å². The monoisotopic (exact) mass is 238 g/mol. The second kappa shape index (κ2) is 3.06. The Hall–Kier alpha value is -0.360. The maximum absolute atomic E-state index is 11.7. The molecule has 0 fully saturated rings. The van der Waals surface area contributed by atoms with Gasteiger partial charge in [0.2, 0.25) is 0 Å². The lowest BCUT2D eigenvalue weighted by molar-refractivity contribution is 0.564. The quantitative estimate of drug-likeness (QED) is 0.627. The van der Waals surface area contributed by atoms with Crippen LogP contribution in [0.4, 0.5) is 0 Å². The zero-order valence-electron chi connectivity index (χ0n) is 8.60. The van der Waals surface area contributed by atoms with E-state index in [1.54, 1.807) is 0 Å². The number of sulfone groups is 2. The lowest BCUT2D eigenvalue weighted by atomic mass is 10.4. The zero-order chi connectivity index (χ0) is 11.3. The SMILES string of the molecule is CC1=C(C)S(=O)(=O)C(C)C(C)S1(=O)=O. The first-order valence-corrected chi connectivity index (χ1v) is 7.38. The molecule has 0 aromatic heterocycles. The van der Waals surface area contributed by atoms with Crippen molar-refractivity contribution in [2.24, 2.45) is 0 Å². The summed E-state index contributed by atoms with van der Waals surface area (Å²) in [6.07, 6.45) is 0. The molecule has 1 aliphatic heterocycles. The molecule has 2 atom stereocenters. The average Bonchev–Trinajstić information content (AvgIpc) is 2.11. The predicted molar refractivity (Wildman–Crippen MR) is 55.1 cm³/mol. The predicted octanol–water partition coefficient (Wildman–Crippen LogP) is 0.858. The van der Waals surface area contributed by atoms with E-state index in [0.717, 1.165) is 0 Å². The van der Waals surface area contributed by atoms with Gasteiger partial charge in [0.1, 0.15) is 0 Å². The summed E-state index contributed by atoms with van der Waals surface area (Å²) in [7, 11) is -6.82. The zero-order valence-corrected chi connectivity index (χ0v) is 10.2. The lowest BCUT2D eigenvalue weighted by Gasteiger charge is -2.27. The van der Waals surface area contributed by atoms with Crippen LogP contribution >= 0.6 is 0 Å². The van der Waals surface area contributed by atoms with Gasteiger partial charge in [-0.3, -0.25) is 0 Å². The van der Waals surface area contributed by atoms with Crippen molar-refractivity contribution in [2.45, 2.75) is 38.2 Å². The lowest BCUT2D eigenvalue weighted by Crippen LogP contribution is -2.40. The van der Waals surface area contributed by atoms with E-state index in [1.165, 1.54) is 27.7 Å². The van der Waals surface area contributed by atoms with Crippen LogP contribution < -0.4 is 0 Å². The molecule has 0 spiro atoms. The van der Waals surface area contributed by atoms with Gasteiger partial charge >= 0.3 is 0 Å². The van der Waals surface area contributed by atoms with Crippen LogP contribution in [0.3, 0.4) is 0 Å². The van der Waals surface area contributed by atoms with E-state index in [0.29, 0.717) is 0 Å². The Morgan fingerprint density at radius 3 is 1.21 bits per heavy atom. The fourth-order valence-electron chi connectivity index (χ4n) is 1.46. The highest BCUT2D eigenvalue weighted by Gasteiger charge is 2.43. The van der Waals surface area contributed by atoms with E-state index >= 15 is 0 Å². The van der Waals surface area contributed by atoms with Gasteiger partial charge in [-0.25, -0.2) is 16.8 Å². The summed E-state index contributed by atoms with van der Waals surface area (Å²) < 4.78 is 46.8. The summed E-state index contributed by atoms with van der Waals surface area (Å²) >= 11 is 0. The molecule has 2 unspecified atom stereocenters. The third-order valence-corrected chi connectivity index (χ3v) is 8.38. The van der Waals surface area contributed by atoms with Gasteiger partial charge in [0, 0.05) is 0 Å². The van der Waals surface area contributed by atoms with E-state index in [4.69, 9.17) is 0 Å². The summed E-state index contributed by atoms with van der Waals surface area (Å²) in [5, 5.41) is -1.70. The first-order chi connectivity index (χ1) is 6.13. The normalized spacial score (nSPS) is 35.7. The van der Waals surface area contributed by atoms with Crippen LogP contribution in [-0.4, -0.2) is 27.3 Å². The number of hydrogen-bond acceptors (Lipinski definition) is 4. The fourth-order valence-corrected chi connectivity index (χ4v) is 5.96. The molecule has 0 N–H and O–H groups in total. The summed E-state index contributed by atoms with van der Waals surface area (Å²) in [6, 6.07) is 0. The molecule has 1 aliphatic rings. The molecule has 0 aromatic carbocycles. The first kappa shape index (κ1) is 11.7. The van der Waals surface area contributed by atoms with Crippen molar-refractivity contribution in [1.29, 1.82) is 0 Å². The van der Waals surface area contributed by atoms with Crippen molar-refractivity contribution in [3.05, 3.63) is 9.81 Å². The largest absolute Gasteiger partial charge is 0.224 e. The van der Waals surface area contributed by atoms with Crippen molar-refractivity contribution in [1.82, 2.24) is 0 Å². The van der Waals surface area contributed by atoms with E-state index in [9.17, 15) is 16.8 Å². The molecule has 6 heteroatoms. The molecular weight excluding hydrogens is 224 g/mol. The van der Waals surface area contributed by atoms with Gasteiger partial charge in [-0.15, -0.1) is 0 Å². The molecule has 0 radical (unpaired) electrons. The average molecular weight is 238 g/mol. The topological polar surface area (TPSA) is 68.3 Å². The minimum absolute atomic E-state index is 0.0110. The van der Waals surface area contributed by atoms with E-state index in [1.807, 2.05) is 0 Å². The highest BCUT2D eigenvalue weighted by atomic mass is 32.2. The maximum Gasteiger partial charge on any atom is 0.179 e. The number of hydrogen-bond donors (Lipinski definition) is 0. The Bertz CT molecular complexity index is 435. The molecule has 14 heavy (non-hydrogen) atoms. The summed E-state index contributed by atoms with van der Waals surface area (Å²) in [5.41, 5.74) is 0. The Labute approximate surface area is 84.8 Å². The van der Waals surface area contributed by atoms with Crippen LogP contribution in [0.1, 0.15) is 27.7 Å².